The van der Waals surface area contributed by atoms with Crippen LogP contribution in [-0.2, 0) is 19.1 Å². The summed E-state index contributed by atoms with van der Waals surface area (Å²) >= 11 is 0. The molecule has 0 saturated carbocycles. The van der Waals surface area contributed by atoms with E-state index >= 15 is 0 Å². The molecule has 238 valence electrons. The molecular formula is C35H40CaN4O6. The Balaban J connectivity index is 0.00000480. The van der Waals surface area contributed by atoms with Crippen molar-refractivity contribution in [3.05, 3.63) is 134 Å². The second-order valence-corrected chi connectivity index (χ2v) is 11.2. The van der Waals surface area contributed by atoms with Gasteiger partial charge >= 0.3 is 49.7 Å². The van der Waals surface area contributed by atoms with Crippen molar-refractivity contribution in [1.82, 2.24) is 15.1 Å². The molecule has 1 atom stereocenters. The van der Waals surface area contributed by atoms with Crippen LogP contribution in [0.15, 0.2) is 107 Å². The molecule has 2 aliphatic rings. The second-order valence-electron chi connectivity index (χ2n) is 11.2. The van der Waals surface area contributed by atoms with Crippen molar-refractivity contribution in [1.29, 1.82) is 0 Å². The van der Waals surface area contributed by atoms with Crippen LogP contribution < -0.4 is 5.32 Å². The first-order valence-electron chi connectivity index (χ1n) is 15.0. The van der Waals surface area contributed by atoms with E-state index < -0.39 is 22.8 Å². The zero-order chi connectivity index (χ0) is 31.9. The molecule has 2 heterocycles. The molecular weight excluding hydrogens is 612 g/mol. The minimum atomic E-state index is -0.887. The van der Waals surface area contributed by atoms with Crippen LogP contribution in [0.3, 0.4) is 0 Å². The molecule has 0 radical (unpaired) electrons. The predicted octanol–water partition coefficient (Wildman–Crippen LogP) is 4.04. The zero-order valence-electron chi connectivity index (χ0n) is 25.8. The summed E-state index contributed by atoms with van der Waals surface area (Å²) in [6, 6.07) is 27.2. The van der Waals surface area contributed by atoms with E-state index in [4.69, 9.17) is 9.47 Å². The molecule has 0 aromatic heterocycles. The normalized spacial score (nSPS) is 17.3. The standard InChI is InChI=1S/C35H38N4O6.Ca.2H/c1-24-30(34(40)44-3)32(28-15-10-16-29(23-28)39(42)43)31(25(2)36-24)35(41)45-22-21-37-17-19-38(20-18-37)33(26-11-6-4-7-12-26)27-13-8-5-9-14-27;;;/h4-16,23,32-33,36H,17-22H2,1-3H3;;;/t32-;;;/m0.../s1. The average Bonchev–Trinajstić information content (AvgIpc) is 3.06. The first-order chi connectivity index (χ1) is 21.8. The fourth-order valence-corrected chi connectivity index (χ4v) is 6.27. The quantitative estimate of drug-likeness (QED) is 0.150. The van der Waals surface area contributed by atoms with Gasteiger partial charge in [0.05, 0.1) is 35.1 Å². The molecule has 0 bridgehead atoms. The molecule has 3 aromatic rings. The topological polar surface area (TPSA) is 114 Å². The number of benzene rings is 3. The maximum atomic E-state index is 13.6. The van der Waals surface area contributed by atoms with Crippen molar-refractivity contribution < 1.29 is 24.0 Å². The number of methoxy groups -OCH3 is 1. The number of rotatable bonds is 10. The second kappa shape index (κ2) is 16.3. The van der Waals surface area contributed by atoms with Crippen molar-refractivity contribution in [3.8, 4) is 0 Å². The number of allylic oxidation sites excluding steroid dienone is 2. The molecule has 5 rings (SSSR count). The Bertz CT molecular complexity index is 1560. The number of nitro groups is 1. The van der Waals surface area contributed by atoms with E-state index in [0.717, 1.165) is 26.2 Å². The van der Waals surface area contributed by atoms with Crippen LogP contribution in [0.25, 0.3) is 0 Å². The van der Waals surface area contributed by atoms with Gasteiger partial charge in [-0.3, -0.25) is 19.9 Å². The summed E-state index contributed by atoms with van der Waals surface area (Å²) in [6.45, 7) is 7.52. The van der Waals surface area contributed by atoms with E-state index in [2.05, 4.69) is 63.6 Å². The molecule has 3 aromatic carbocycles. The van der Waals surface area contributed by atoms with Gasteiger partial charge in [0.2, 0.25) is 0 Å². The van der Waals surface area contributed by atoms with Crippen LogP contribution in [0.5, 0.6) is 0 Å². The monoisotopic (exact) mass is 652 g/mol. The number of nitrogens with one attached hydrogen (secondary N) is 1. The number of carbonyl (C=O) groups excluding carboxylic acids is 2. The van der Waals surface area contributed by atoms with Crippen LogP contribution in [-0.4, -0.2) is 111 Å². The van der Waals surface area contributed by atoms with Crippen LogP contribution in [0.4, 0.5) is 5.69 Å². The van der Waals surface area contributed by atoms with Gasteiger partial charge in [-0.25, -0.2) is 9.59 Å². The number of non-ortho nitro benzene ring substituents is 1. The Hall–Kier alpha value is -3.54. The Morgan fingerprint density at radius 2 is 1.43 bits per heavy atom. The van der Waals surface area contributed by atoms with Crippen LogP contribution in [0, 0.1) is 10.1 Å². The number of dihydropyridines is 1. The number of nitro benzene ring substituents is 1. The Kier molecular flexibility index (Phi) is 12.5. The average molecular weight is 653 g/mol. The van der Waals surface area contributed by atoms with Crippen molar-refractivity contribution in [2.45, 2.75) is 25.8 Å². The molecule has 0 spiro atoms. The van der Waals surface area contributed by atoms with E-state index in [0.29, 0.717) is 23.5 Å². The van der Waals surface area contributed by atoms with Gasteiger partial charge in [0, 0.05) is 56.3 Å². The van der Waals surface area contributed by atoms with Gasteiger partial charge in [0.25, 0.3) is 5.69 Å². The first-order valence-corrected chi connectivity index (χ1v) is 15.0. The Labute approximate surface area is 299 Å². The maximum absolute atomic E-state index is 13.6. The summed E-state index contributed by atoms with van der Waals surface area (Å²) < 4.78 is 10.8. The van der Waals surface area contributed by atoms with Gasteiger partial charge in [-0.2, -0.15) is 0 Å². The van der Waals surface area contributed by atoms with Crippen LogP contribution >= 0.6 is 0 Å². The molecule has 46 heavy (non-hydrogen) atoms. The van der Waals surface area contributed by atoms with E-state index in [9.17, 15) is 19.7 Å². The molecule has 0 amide bonds. The third-order valence-corrected chi connectivity index (χ3v) is 8.44. The van der Waals surface area contributed by atoms with E-state index in [1.54, 1.807) is 19.9 Å². The fraction of sp³-hybridized carbons (Fsp3) is 0.314. The minimum absolute atomic E-state index is 0. The van der Waals surface area contributed by atoms with Crippen molar-refractivity contribution >= 4 is 55.4 Å². The van der Waals surface area contributed by atoms with Crippen LogP contribution in [0.2, 0.25) is 0 Å². The van der Waals surface area contributed by atoms with E-state index in [1.807, 2.05) is 12.1 Å². The fourth-order valence-electron chi connectivity index (χ4n) is 6.27. The number of carbonyl (C=O) groups is 2. The van der Waals surface area contributed by atoms with Gasteiger partial charge < -0.3 is 14.8 Å². The molecule has 0 aliphatic carbocycles. The molecule has 10 nitrogen and oxygen atoms in total. The van der Waals surface area contributed by atoms with Crippen molar-refractivity contribution in [3.63, 3.8) is 0 Å². The van der Waals surface area contributed by atoms with Crippen molar-refractivity contribution in [2.75, 3.05) is 46.4 Å². The molecule has 2 aliphatic heterocycles. The summed E-state index contributed by atoms with van der Waals surface area (Å²) in [5, 5.41) is 14.6. The summed E-state index contributed by atoms with van der Waals surface area (Å²) in [6.07, 6.45) is 0. The zero-order valence-corrected chi connectivity index (χ0v) is 25.8. The van der Waals surface area contributed by atoms with Gasteiger partial charge in [-0.15, -0.1) is 0 Å². The molecule has 0 unspecified atom stereocenters. The third-order valence-electron chi connectivity index (χ3n) is 8.44. The third kappa shape index (κ3) is 8.05. The summed E-state index contributed by atoms with van der Waals surface area (Å²) in [5.41, 5.74) is 4.25. The SMILES string of the molecule is COC(=O)C1=C(C)NC(C)=C(C(=O)OCCN2CCN(C(c3ccccc3)c3ccccc3)CC2)[C@H]1c1cccc([N+](=O)[O-])c1.[CaH2]. The summed E-state index contributed by atoms with van der Waals surface area (Å²) in [7, 11) is 1.26. The number of ether oxygens (including phenoxy) is 2. The molecule has 11 heteroatoms. The number of piperazine rings is 1. The van der Waals surface area contributed by atoms with Gasteiger partial charge in [0.15, 0.2) is 0 Å². The van der Waals surface area contributed by atoms with Gasteiger partial charge in [0.1, 0.15) is 6.61 Å². The van der Waals surface area contributed by atoms with E-state index in [-0.39, 0.29) is 67.2 Å². The molecule has 1 N–H and O–H groups in total. The number of hydrogen-bond donors (Lipinski definition) is 1. The van der Waals surface area contributed by atoms with Crippen molar-refractivity contribution in [2.24, 2.45) is 0 Å². The summed E-state index contributed by atoms with van der Waals surface area (Å²) in [5.74, 6) is -2.10. The summed E-state index contributed by atoms with van der Waals surface area (Å²) in [4.78, 5) is 42.3. The predicted molar refractivity (Wildman–Crippen MR) is 179 cm³/mol. The Morgan fingerprint density at radius 1 is 0.870 bits per heavy atom. The first kappa shape index (κ1) is 35.3. The number of hydrogen-bond acceptors (Lipinski definition) is 9. The Morgan fingerprint density at radius 3 is 1.98 bits per heavy atom. The number of nitrogens with zero attached hydrogens (tertiary/aromatic N) is 3. The number of esters is 2. The van der Waals surface area contributed by atoms with Gasteiger partial charge in [-0.05, 0) is 30.5 Å². The van der Waals surface area contributed by atoms with E-state index in [1.165, 1.54) is 36.4 Å². The molecule has 1 fully saturated rings. The van der Waals surface area contributed by atoms with Gasteiger partial charge in [-0.1, -0.05) is 72.8 Å². The van der Waals surface area contributed by atoms with Crippen LogP contribution in [0.1, 0.15) is 42.5 Å². The molecule has 1 saturated heterocycles.